The van der Waals surface area contributed by atoms with E-state index in [1.165, 1.54) is 43.4 Å². The van der Waals surface area contributed by atoms with Crippen molar-refractivity contribution in [1.82, 2.24) is 10.3 Å². The van der Waals surface area contributed by atoms with Crippen LogP contribution in [-0.4, -0.2) is 42.7 Å². The predicted octanol–water partition coefficient (Wildman–Crippen LogP) is 5.30. The summed E-state index contributed by atoms with van der Waals surface area (Å²) < 4.78 is 10.9. The molecule has 0 bridgehead atoms. The minimum Gasteiger partial charge on any atom is -0.493 e. The van der Waals surface area contributed by atoms with E-state index in [1.807, 2.05) is 6.07 Å². The molecule has 204 valence electrons. The maximum atomic E-state index is 13.5. The molecule has 0 fully saturated rings. The number of nitrogens with one attached hydrogen (secondary N) is 3. The van der Waals surface area contributed by atoms with Gasteiger partial charge in [0, 0.05) is 33.3 Å². The maximum absolute atomic E-state index is 13.5. The number of rotatable bonds is 11. The van der Waals surface area contributed by atoms with Gasteiger partial charge in [-0.15, -0.1) is 23.1 Å². The quantitative estimate of drug-likeness (QED) is 0.164. The third-order valence-electron chi connectivity index (χ3n) is 5.40. The summed E-state index contributed by atoms with van der Waals surface area (Å²) in [6.07, 6.45) is 3.15. The van der Waals surface area contributed by atoms with E-state index in [4.69, 9.17) is 9.47 Å². The van der Waals surface area contributed by atoms with Gasteiger partial charge in [-0.1, -0.05) is 36.4 Å². The Labute approximate surface area is 239 Å². The highest BCUT2D eigenvalue weighted by atomic mass is 32.2. The van der Waals surface area contributed by atoms with Crippen LogP contribution < -0.4 is 25.4 Å². The Morgan fingerprint density at radius 2 is 1.75 bits per heavy atom. The summed E-state index contributed by atoms with van der Waals surface area (Å²) in [6.45, 7) is 0. The molecule has 0 aliphatic rings. The van der Waals surface area contributed by atoms with Crippen LogP contribution in [-0.2, 0) is 9.59 Å². The van der Waals surface area contributed by atoms with Crippen LogP contribution in [0, 0.1) is 0 Å². The minimum atomic E-state index is -0.544. The van der Waals surface area contributed by atoms with Crippen LogP contribution >= 0.6 is 23.1 Å². The third-order valence-corrected chi connectivity index (χ3v) is 7.08. The topological polar surface area (TPSA) is 119 Å². The molecule has 4 aromatic rings. The summed E-state index contributed by atoms with van der Waals surface area (Å²) in [6, 6.07) is 20.9. The predicted molar refractivity (Wildman–Crippen MR) is 158 cm³/mol. The highest BCUT2D eigenvalue weighted by Gasteiger charge is 2.17. The molecule has 3 N–H and O–H groups in total. The van der Waals surface area contributed by atoms with Gasteiger partial charge in [-0.2, -0.15) is 0 Å². The first-order valence-electron chi connectivity index (χ1n) is 12.0. The molecular formula is C29H26N4O5S2. The molecule has 0 saturated carbocycles. The molecule has 0 spiro atoms. The van der Waals surface area contributed by atoms with Crippen LogP contribution in [0.4, 0.5) is 10.8 Å². The number of hydrogen-bond acceptors (Lipinski definition) is 8. The van der Waals surface area contributed by atoms with Gasteiger partial charge in [0.15, 0.2) is 16.6 Å². The standard InChI is InChI=1S/C29H26N4O5S2/c1-37-24-13-6-10-20(26(24)38-2)16-23(32-27(35)19-8-4-3-5-9-19)28(36)31-21-11-7-12-22(17-21)40-18-25(34)33-29-30-14-15-39-29/h3-17H,18H2,1-2H3,(H,31,36)(H,32,35)(H,30,33,34)/b23-16+. The Morgan fingerprint density at radius 1 is 0.950 bits per heavy atom. The van der Waals surface area contributed by atoms with Crippen LogP contribution in [0.15, 0.2) is 95.0 Å². The van der Waals surface area contributed by atoms with Crippen LogP contribution in [0.1, 0.15) is 15.9 Å². The first kappa shape index (κ1) is 28.4. The van der Waals surface area contributed by atoms with Crippen LogP contribution in [0.25, 0.3) is 6.08 Å². The van der Waals surface area contributed by atoms with Gasteiger partial charge in [0.25, 0.3) is 11.8 Å². The van der Waals surface area contributed by atoms with E-state index >= 15 is 0 Å². The van der Waals surface area contributed by atoms with Gasteiger partial charge in [-0.25, -0.2) is 4.98 Å². The molecule has 0 radical (unpaired) electrons. The van der Waals surface area contributed by atoms with Crippen molar-refractivity contribution < 1.29 is 23.9 Å². The summed E-state index contributed by atoms with van der Waals surface area (Å²) in [5, 5.41) is 10.6. The minimum absolute atomic E-state index is 0.00119. The number of benzene rings is 3. The number of ether oxygens (including phenoxy) is 2. The van der Waals surface area contributed by atoms with Crippen molar-refractivity contribution in [2.24, 2.45) is 0 Å². The second kappa shape index (κ2) is 14.0. The van der Waals surface area contributed by atoms with Gasteiger partial charge >= 0.3 is 0 Å². The monoisotopic (exact) mass is 574 g/mol. The molecule has 11 heteroatoms. The Hall–Kier alpha value is -4.61. The summed E-state index contributed by atoms with van der Waals surface area (Å²) in [7, 11) is 3.02. The normalized spacial score (nSPS) is 10.9. The fourth-order valence-corrected chi connectivity index (χ4v) is 4.88. The van der Waals surface area contributed by atoms with Gasteiger partial charge in [0.2, 0.25) is 5.91 Å². The molecule has 0 saturated heterocycles. The molecule has 3 aromatic carbocycles. The number of thioether (sulfide) groups is 1. The zero-order valence-electron chi connectivity index (χ0n) is 21.7. The molecule has 0 aliphatic carbocycles. The molecule has 1 aromatic heterocycles. The molecule has 3 amide bonds. The molecule has 9 nitrogen and oxygen atoms in total. The average Bonchev–Trinajstić information content (AvgIpc) is 3.49. The number of methoxy groups -OCH3 is 2. The van der Waals surface area contributed by atoms with Gasteiger partial charge in [-0.3, -0.25) is 14.4 Å². The first-order chi connectivity index (χ1) is 19.5. The number of anilines is 2. The third kappa shape index (κ3) is 7.71. The number of thiazole rings is 1. The number of amides is 3. The highest BCUT2D eigenvalue weighted by Crippen LogP contribution is 2.32. The fraction of sp³-hybridized carbons (Fsp3) is 0.103. The van der Waals surface area contributed by atoms with E-state index in [-0.39, 0.29) is 17.4 Å². The number of carbonyl (C=O) groups excluding carboxylic acids is 3. The van der Waals surface area contributed by atoms with Gasteiger partial charge < -0.3 is 25.4 Å². The van der Waals surface area contributed by atoms with Crippen molar-refractivity contribution in [3.8, 4) is 11.5 Å². The number of hydrogen-bond donors (Lipinski definition) is 3. The molecule has 0 unspecified atom stereocenters. The van der Waals surface area contributed by atoms with Gasteiger partial charge in [0.05, 0.1) is 20.0 Å². The molecule has 40 heavy (non-hydrogen) atoms. The number of carbonyl (C=O) groups is 3. The lowest BCUT2D eigenvalue weighted by Gasteiger charge is -2.14. The Bertz CT molecular complexity index is 1510. The van der Waals surface area contributed by atoms with E-state index in [1.54, 1.807) is 78.3 Å². The summed E-state index contributed by atoms with van der Waals surface area (Å²) in [4.78, 5) is 43.5. The van der Waals surface area contributed by atoms with Crippen molar-refractivity contribution in [3.05, 3.63) is 101 Å². The fourth-order valence-electron chi connectivity index (χ4n) is 3.58. The summed E-state index contributed by atoms with van der Waals surface area (Å²) in [5.41, 5.74) is 1.43. The maximum Gasteiger partial charge on any atom is 0.272 e. The summed E-state index contributed by atoms with van der Waals surface area (Å²) in [5.74, 6) is -0.106. The Kier molecular flexibility index (Phi) is 9.92. The molecule has 0 atom stereocenters. The Balaban J connectivity index is 1.53. The smallest absolute Gasteiger partial charge is 0.272 e. The van der Waals surface area contributed by atoms with E-state index in [9.17, 15) is 14.4 Å². The van der Waals surface area contributed by atoms with Crippen LogP contribution in [0.5, 0.6) is 11.5 Å². The Morgan fingerprint density at radius 3 is 2.48 bits per heavy atom. The van der Waals surface area contributed by atoms with Crippen LogP contribution in [0.3, 0.4) is 0 Å². The largest absolute Gasteiger partial charge is 0.493 e. The van der Waals surface area contributed by atoms with E-state index in [2.05, 4.69) is 20.9 Å². The number of aromatic nitrogens is 1. The van der Waals surface area contributed by atoms with Crippen molar-refractivity contribution in [2.75, 3.05) is 30.6 Å². The SMILES string of the molecule is COc1cccc(/C=C(/NC(=O)c2ccccc2)C(=O)Nc2cccc(SCC(=O)Nc3nccs3)c2)c1OC. The van der Waals surface area contributed by atoms with Gasteiger partial charge in [-0.05, 0) is 42.5 Å². The summed E-state index contributed by atoms with van der Waals surface area (Å²) >= 11 is 2.66. The number of para-hydroxylation sites is 1. The van der Waals surface area contributed by atoms with Crippen LogP contribution in [0.2, 0.25) is 0 Å². The molecule has 4 rings (SSSR count). The number of nitrogens with zero attached hydrogens (tertiary/aromatic N) is 1. The zero-order valence-corrected chi connectivity index (χ0v) is 23.3. The molecule has 0 aliphatic heterocycles. The lowest BCUT2D eigenvalue weighted by molar-refractivity contribution is -0.114. The lowest BCUT2D eigenvalue weighted by atomic mass is 10.1. The van der Waals surface area contributed by atoms with Crippen molar-refractivity contribution in [2.45, 2.75) is 4.90 Å². The van der Waals surface area contributed by atoms with E-state index in [0.29, 0.717) is 33.4 Å². The molecule has 1 heterocycles. The second-order valence-electron chi connectivity index (χ2n) is 8.12. The first-order valence-corrected chi connectivity index (χ1v) is 13.9. The van der Waals surface area contributed by atoms with Crippen molar-refractivity contribution in [3.63, 3.8) is 0 Å². The van der Waals surface area contributed by atoms with Gasteiger partial charge in [0.1, 0.15) is 5.70 Å². The average molecular weight is 575 g/mol. The second-order valence-corrected chi connectivity index (χ2v) is 10.1. The highest BCUT2D eigenvalue weighted by molar-refractivity contribution is 8.00. The zero-order chi connectivity index (χ0) is 28.3. The van der Waals surface area contributed by atoms with E-state index < -0.39 is 11.8 Å². The molecular weight excluding hydrogens is 548 g/mol. The van der Waals surface area contributed by atoms with Crippen molar-refractivity contribution in [1.29, 1.82) is 0 Å². The van der Waals surface area contributed by atoms with Crippen molar-refractivity contribution >= 4 is 57.7 Å². The lowest BCUT2D eigenvalue weighted by Crippen LogP contribution is -2.30. The van der Waals surface area contributed by atoms with E-state index in [0.717, 1.165) is 4.90 Å².